The van der Waals surface area contributed by atoms with Gasteiger partial charge in [0.2, 0.25) is 0 Å². The maximum atomic E-state index is 13.7. The van der Waals surface area contributed by atoms with Crippen LogP contribution in [0.25, 0.3) is 5.69 Å². The van der Waals surface area contributed by atoms with Crippen molar-refractivity contribution in [2.24, 2.45) is 0 Å². The van der Waals surface area contributed by atoms with Crippen LogP contribution in [0.3, 0.4) is 0 Å². The molecule has 3 aromatic carbocycles. The number of carbonyl (C=O) groups is 3. The lowest BCUT2D eigenvalue weighted by Gasteiger charge is -2.33. The van der Waals surface area contributed by atoms with Crippen LogP contribution in [0, 0.1) is 12.7 Å². The van der Waals surface area contributed by atoms with Crippen LogP contribution in [0.15, 0.2) is 71.3 Å². The zero-order valence-electron chi connectivity index (χ0n) is 22.1. The van der Waals surface area contributed by atoms with Crippen molar-refractivity contribution in [3.8, 4) is 5.69 Å². The number of aromatic nitrogens is 3. The van der Waals surface area contributed by atoms with E-state index in [1.807, 2.05) is 0 Å². The van der Waals surface area contributed by atoms with E-state index in [9.17, 15) is 18.8 Å². The summed E-state index contributed by atoms with van der Waals surface area (Å²) in [5.74, 6) is -1.25. The van der Waals surface area contributed by atoms with Gasteiger partial charge in [-0.1, -0.05) is 17.3 Å². The van der Waals surface area contributed by atoms with Gasteiger partial charge in [-0.05, 0) is 83.7 Å². The molecule has 1 saturated heterocycles. The van der Waals surface area contributed by atoms with Crippen LogP contribution in [-0.2, 0) is 11.3 Å². The molecule has 0 N–H and O–H groups in total. The number of hydrogen-bond acceptors (Lipinski definition) is 6. The molecule has 6 rings (SSSR count). The standard InChI is InChI=1S/C30H25BrFN5O4/c1-18-13-21(37-29(39)24-6-2-3-7-25(24)30(37)40)9-10-23(18)28(38)35-12-4-5-22(16-35)41-17-20-15-36(34-33-20)27-14-19(32)8-11-26(27)31/h2-3,6-11,13-15,22H,4-5,12,16-17H2,1H3. The van der Waals surface area contributed by atoms with Crippen LogP contribution in [0.5, 0.6) is 0 Å². The van der Waals surface area contributed by atoms with Crippen molar-refractivity contribution in [2.75, 3.05) is 18.0 Å². The van der Waals surface area contributed by atoms with E-state index in [4.69, 9.17) is 4.74 Å². The molecule has 2 aliphatic rings. The Balaban J connectivity index is 1.10. The van der Waals surface area contributed by atoms with Gasteiger partial charge in [-0.15, -0.1) is 5.10 Å². The predicted molar refractivity (Wildman–Crippen MR) is 151 cm³/mol. The van der Waals surface area contributed by atoms with Crippen molar-refractivity contribution in [1.29, 1.82) is 0 Å². The molecular formula is C30H25BrFN5O4. The number of amides is 3. The molecule has 3 heterocycles. The van der Waals surface area contributed by atoms with E-state index < -0.39 is 0 Å². The van der Waals surface area contributed by atoms with E-state index in [1.165, 1.54) is 16.8 Å². The Morgan fingerprint density at radius 1 is 1.07 bits per heavy atom. The minimum absolute atomic E-state index is 0.133. The highest BCUT2D eigenvalue weighted by molar-refractivity contribution is 9.10. The largest absolute Gasteiger partial charge is 0.370 e. The first-order valence-corrected chi connectivity index (χ1v) is 14.0. The van der Waals surface area contributed by atoms with Crippen LogP contribution in [0.2, 0.25) is 0 Å². The molecule has 11 heteroatoms. The fourth-order valence-corrected chi connectivity index (χ4v) is 5.65. The van der Waals surface area contributed by atoms with Gasteiger partial charge in [-0.3, -0.25) is 14.4 Å². The number of nitrogens with zero attached hydrogens (tertiary/aromatic N) is 5. The molecule has 1 aromatic heterocycles. The third kappa shape index (κ3) is 5.18. The SMILES string of the molecule is Cc1cc(N2C(=O)c3ccccc3C2=O)ccc1C(=O)N1CCCC(OCc2cn(-c3cc(F)ccc3Br)nn2)C1. The molecule has 0 radical (unpaired) electrons. The van der Waals surface area contributed by atoms with E-state index in [1.54, 1.807) is 66.6 Å². The number of halogens is 2. The van der Waals surface area contributed by atoms with Gasteiger partial charge in [0, 0.05) is 29.2 Å². The molecule has 4 aromatic rings. The maximum absolute atomic E-state index is 13.7. The molecule has 2 aliphatic heterocycles. The molecule has 0 aliphatic carbocycles. The highest BCUT2D eigenvalue weighted by Crippen LogP contribution is 2.30. The van der Waals surface area contributed by atoms with Crippen molar-refractivity contribution < 1.29 is 23.5 Å². The normalized spacial score (nSPS) is 16.8. The molecule has 1 fully saturated rings. The Hall–Kier alpha value is -4.22. The first-order valence-electron chi connectivity index (χ1n) is 13.2. The van der Waals surface area contributed by atoms with E-state index in [0.717, 1.165) is 17.7 Å². The second-order valence-corrected chi connectivity index (χ2v) is 10.9. The Morgan fingerprint density at radius 3 is 2.56 bits per heavy atom. The van der Waals surface area contributed by atoms with Crippen LogP contribution in [0.4, 0.5) is 10.1 Å². The van der Waals surface area contributed by atoms with Gasteiger partial charge in [-0.25, -0.2) is 14.0 Å². The fraction of sp³-hybridized carbons (Fsp3) is 0.233. The number of rotatable bonds is 6. The summed E-state index contributed by atoms with van der Waals surface area (Å²) in [6.07, 6.45) is 3.08. The topological polar surface area (TPSA) is 97.6 Å². The van der Waals surface area contributed by atoms with Crippen molar-refractivity contribution in [3.63, 3.8) is 0 Å². The summed E-state index contributed by atoms with van der Waals surface area (Å²) in [6, 6.07) is 16.1. The van der Waals surface area contributed by atoms with Gasteiger partial charge < -0.3 is 9.64 Å². The minimum Gasteiger partial charge on any atom is -0.370 e. The van der Waals surface area contributed by atoms with Crippen molar-refractivity contribution >= 4 is 39.3 Å². The predicted octanol–water partition coefficient (Wildman–Crippen LogP) is 5.10. The zero-order valence-corrected chi connectivity index (χ0v) is 23.7. The number of anilines is 1. The Bertz CT molecular complexity index is 1650. The van der Waals surface area contributed by atoms with Crippen molar-refractivity contribution in [2.45, 2.75) is 32.5 Å². The Morgan fingerprint density at radius 2 is 1.83 bits per heavy atom. The molecule has 3 amide bonds. The average molecular weight is 618 g/mol. The summed E-state index contributed by atoms with van der Waals surface area (Å²) in [5, 5.41) is 8.22. The molecule has 0 saturated carbocycles. The van der Waals surface area contributed by atoms with Crippen LogP contribution in [-0.4, -0.2) is 56.8 Å². The molecular weight excluding hydrogens is 593 g/mol. The maximum Gasteiger partial charge on any atom is 0.266 e. The molecule has 9 nitrogen and oxygen atoms in total. The molecule has 1 unspecified atom stereocenters. The number of carbonyl (C=O) groups excluding carboxylic acids is 3. The summed E-state index contributed by atoms with van der Waals surface area (Å²) < 4.78 is 21.9. The van der Waals surface area contributed by atoms with Gasteiger partial charge in [0.05, 0.1) is 41.4 Å². The Labute approximate surface area is 243 Å². The molecule has 41 heavy (non-hydrogen) atoms. The van der Waals surface area contributed by atoms with Crippen LogP contribution >= 0.6 is 15.9 Å². The number of hydrogen-bond donors (Lipinski definition) is 0. The quantitative estimate of drug-likeness (QED) is 0.279. The lowest BCUT2D eigenvalue weighted by Crippen LogP contribution is -2.43. The van der Waals surface area contributed by atoms with Crippen LogP contribution in [0.1, 0.15) is 55.2 Å². The summed E-state index contributed by atoms with van der Waals surface area (Å²) in [7, 11) is 0. The summed E-state index contributed by atoms with van der Waals surface area (Å²) in [6.45, 7) is 3.02. The van der Waals surface area contributed by atoms with Crippen molar-refractivity contribution in [1.82, 2.24) is 19.9 Å². The van der Waals surface area contributed by atoms with Gasteiger partial charge in [0.25, 0.3) is 17.7 Å². The fourth-order valence-electron chi connectivity index (χ4n) is 5.23. The molecule has 1 atom stereocenters. The first kappa shape index (κ1) is 27.0. The summed E-state index contributed by atoms with van der Waals surface area (Å²) >= 11 is 3.40. The number of ether oxygens (including phenoxy) is 1. The van der Waals surface area contributed by atoms with Gasteiger partial charge >= 0.3 is 0 Å². The third-order valence-electron chi connectivity index (χ3n) is 7.32. The van der Waals surface area contributed by atoms with Gasteiger partial charge in [-0.2, -0.15) is 0 Å². The highest BCUT2D eigenvalue weighted by Gasteiger charge is 2.36. The monoisotopic (exact) mass is 617 g/mol. The number of likely N-dealkylation sites (tertiary alicyclic amines) is 1. The molecule has 0 bridgehead atoms. The Kier molecular flexibility index (Phi) is 7.22. The lowest BCUT2D eigenvalue weighted by atomic mass is 10.0. The third-order valence-corrected chi connectivity index (χ3v) is 7.99. The summed E-state index contributed by atoms with van der Waals surface area (Å²) in [4.78, 5) is 42.1. The average Bonchev–Trinajstić information content (AvgIpc) is 3.55. The zero-order chi connectivity index (χ0) is 28.7. The summed E-state index contributed by atoms with van der Waals surface area (Å²) in [5.41, 5.74) is 3.48. The minimum atomic E-state index is -0.378. The lowest BCUT2D eigenvalue weighted by molar-refractivity contribution is -0.00790. The van der Waals surface area contributed by atoms with E-state index in [2.05, 4.69) is 26.2 Å². The smallest absolute Gasteiger partial charge is 0.266 e. The second kappa shape index (κ2) is 11.0. The van der Waals surface area contributed by atoms with Crippen LogP contribution < -0.4 is 4.90 Å². The molecule has 0 spiro atoms. The number of fused-ring (bicyclic) bond motifs is 1. The van der Waals surface area contributed by atoms with E-state index >= 15 is 0 Å². The number of benzene rings is 3. The first-order chi connectivity index (χ1) is 19.8. The number of imide groups is 1. The highest BCUT2D eigenvalue weighted by atomic mass is 79.9. The molecule has 208 valence electrons. The van der Waals surface area contributed by atoms with Gasteiger partial charge in [0.1, 0.15) is 11.5 Å². The number of piperidine rings is 1. The van der Waals surface area contributed by atoms with Crippen molar-refractivity contribution in [3.05, 3.63) is 105 Å². The van der Waals surface area contributed by atoms with E-state index in [0.29, 0.717) is 56.9 Å². The van der Waals surface area contributed by atoms with Gasteiger partial charge in [0.15, 0.2) is 0 Å². The van der Waals surface area contributed by atoms with E-state index in [-0.39, 0.29) is 36.2 Å². The number of aryl methyl sites for hydroxylation is 1. The second-order valence-electron chi connectivity index (χ2n) is 10.1.